The fraction of sp³-hybridized carbons (Fsp3) is 0.235. The van der Waals surface area contributed by atoms with Crippen LogP contribution in [0.5, 0.6) is 5.75 Å². The number of anilines is 1. The average Bonchev–Trinajstić information content (AvgIpc) is 2.53. The Kier molecular flexibility index (Phi) is 6.19. The van der Waals surface area contributed by atoms with Crippen molar-refractivity contribution in [3.8, 4) is 5.75 Å². The van der Waals surface area contributed by atoms with Crippen molar-refractivity contribution in [2.45, 2.75) is 19.5 Å². The molecule has 0 bridgehead atoms. The third-order valence-electron chi connectivity index (χ3n) is 3.16. The topological polar surface area (TPSA) is 38.3 Å². The van der Waals surface area contributed by atoms with Crippen LogP contribution in [0.15, 0.2) is 36.4 Å². The number of nitrogens with one attached hydrogen (secondary N) is 1. The molecule has 0 aliphatic carbocycles. The van der Waals surface area contributed by atoms with Crippen LogP contribution in [0.2, 0.25) is 10.0 Å². The highest BCUT2D eigenvalue weighted by Crippen LogP contribution is 2.35. The normalized spacial score (nSPS) is 11.3. The van der Waals surface area contributed by atoms with E-state index in [1.807, 2.05) is 6.92 Å². The molecular weight excluding hydrogens is 378 g/mol. The number of benzene rings is 2. The standard InChI is InChI=1S/C17H14Cl2F3NO2/c1-2-6-25-15-13(18)7-10(8-14(15)19)16(24)23-12-5-3-4-11(9-12)17(20,21)22/h3-5,7-9H,2,6H2,1H3,(H,23,24). The lowest BCUT2D eigenvalue weighted by atomic mass is 10.1. The summed E-state index contributed by atoms with van der Waals surface area (Å²) in [5.41, 5.74) is -0.737. The molecule has 3 nitrogen and oxygen atoms in total. The minimum absolute atomic E-state index is 0.0124. The van der Waals surface area contributed by atoms with Crippen LogP contribution in [0.3, 0.4) is 0 Å². The number of ether oxygens (including phenoxy) is 1. The largest absolute Gasteiger partial charge is 0.490 e. The Bertz CT molecular complexity index is 756. The number of hydrogen-bond acceptors (Lipinski definition) is 2. The Morgan fingerprint density at radius 1 is 1.16 bits per heavy atom. The van der Waals surface area contributed by atoms with Crippen LogP contribution in [-0.2, 0) is 6.18 Å². The third-order valence-corrected chi connectivity index (χ3v) is 3.72. The van der Waals surface area contributed by atoms with Crippen LogP contribution in [0.4, 0.5) is 18.9 Å². The van der Waals surface area contributed by atoms with Crippen molar-refractivity contribution in [2.24, 2.45) is 0 Å². The molecule has 134 valence electrons. The van der Waals surface area contributed by atoms with E-state index in [-0.39, 0.29) is 27.0 Å². The van der Waals surface area contributed by atoms with E-state index >= 15 is 0 Å². The maximum absolute atomic E-state index is 12.7. The number of amides is 1. The Hall–Kier alpha value is -1.92. The summed E-state index contributed by atoms with van der Waals surface area (Å²) in [6.07, 6.45) is -3.74. The molecule has 0 atom stereocenters. The molecular formula is C17H14Cl2F3NO2. The van der Waals surface area contributed by atoms with Crippen molar-refractivity contribution in [1.82, 2.24) is 0 Å². The molecule has 0 fully saturated rings. The van der Waals surface area contributed by atoms with Gasteiger partial charge in [-0.05, 0) is 36.8 Å². The van der Waals surface area contributed by atoms with Gasteiger partial charge in [0.15, 0.2) is 5.75 Å². The van der Waals surface area contributed by atoms with Crippen molar-refractivity contribution in [3.05, 3.63) is 57.6 Å². The maximum atomic E-state index is 12.7. The highest BCUT2D eigenvalue weighted by molar-refractivity contribution is 6.37. The van der Waals surface area contributed by atoms with Gasteiger partial charge in [0, 0.05) is 11.3 Å². The molecule has 2 aromatic carbocycles. The summed E-state index contributed by atoms with van der Waals surface area (Å²) in [5.74, 6) is -0.369. The molecule has 8 heteroatoms. The van der Waals surface area contributed by atoms with Crippen molar-refractivity contribution in [1.29, 1.82) is 0 Å². The lowest BCUT2D eigenvalue weighted by Gasteiger charge is -2.12. The van der Waals surface area contributed by atoms with Crippen LogP contribution in [0.1, 0.15) is 29.3 Å². The molecule has 2 aromatic rings. The first-order valence-corrected chi connectivity index (χ1v) is 8.08. The molecule has 1 amide bonds. The zero-order valence-electron chi connectivity index (χ0n) is 13.1. The highest BCUT2D eigenvalue weighted by atomic mass is 35.5. The number of carbonyl (C=O) groups is 1. The van der Waals surface area contributed by atoms with Crippen LogP contribution >= 0.6 is 23.2 Å². The first kappa shape index (κ1) is 19.4. The number of alkyl halides is 3. The lowest BCUT2D eigenvalue weighted by molar-refractivity contribution is -0.137. The van der Waals surface area contributed by atoms with E-state index in [9.17, 15) is 18.0 Å². The number of halogens is 5. The first-order chi connectivity index (χ1) is 11.7. The second-order valence-electron chi connectivity index (χ2n) is 5.15. The lowest BCUT2D eigenvalue weighted by Crippen LogP contribution is -2.13. The van der Waals surface area contributed by atoms with Gasteiger partial charge < -0.3 is 10.1 Å². The summed E-state index contributed by atoms with van der Waals surface area (Å²) in [6.45, 7) is 2.33. The van der Waals surface area contributed by atoms with Gasteiger partial charge in [-0.2, -0.15) is 13.2 Å². The van der Waals surface area contributed by atoms with Crippen molar-refractivity contribution in [3.63, 3.8) is 0 Å². The molecule has 1 N–H and O–H groups in total. The van der Waals surface area contributed by atoms with Gasteiger partial charge in [-0.25, -0.2) is 0 Å². The molecule has 0 saturated carbocycles. The van der Waals surface area contributed by atoms with Crippen LogP contribution in [0, 0.1) is 0 Å². The number of carbonyl (C=O) groups excluding carboxylic acids is 1. The van der Waals surface area contributed by atoms with Gasteiger partial charge in [0.05, 0.1) is 22.2 Å². The van der Waals surface area contributed by atoms with E-state index in [1.165, 1.54) is 24.3 Å². The van der Waals surface area contributed by atoms with Crippen molar-refractivity contribution >= 4 is 34.8 Å². The summed E-state index contributed by atoms with van der Waals surface area (Å²) in [6, 6.07) is 7.03. The summed E-state index contributed by atoms with van der Waals surface area (Å²) in [4.78, 5) is 12.3. The molecule has 0 aliphatic rings. The second-order valence-corrected chi connectivity index (χ2v) is 5.96. The van der Waals surface area contributed by atoms with E-state index in [0.29, 0.717) is 6.61 Å². The Morgan fingerprint density at radius 2 is 1.80 bits per heavy atom. The predicted molar refractivity (Wildman–Crippen MR) is 91.6 cm³/mol. The monoisotopic (exact) mass is 391 g/mol. The molecule has 0 saturated heterocycles. The zero-order valence-corrected chi connectivity index (χ0v) is 14.6. The Labute approximate surface area is 152 Å². The van der Waals surface area contributed by atoms with Gasteiger partial charge in [0.2, 0.25) is 0 Å². The van der Waals surface area contributed by atoms with Crippen LogP contribution in [-0.4, -0.2) is 12.5 Å². The molecule has 0 spiro atoms. The Balaban J connectivity index is 2.21. The minimum Gasteiger partial charge on any atom is -0.490 e. The maximum Gasteiger partial charge on any atom is 0.416 e. The minimum atomic E-state index is -4.49. The number of hydrogen-bond donors (Lipinski definition) is 1. The first-order valence-electron chi connectivity index (χ1n) is 7.33. The fourth-order valence-electron chi connectivity index (χ4n) is 2.01. The molecule has 0 aromatic heterocycles. The van der Waals surface area contributed by atoms with Crippen LogP contribution in [0.25, 0.3) is 0 Å². The van der Waals surface area contributed by atoms with E-state index in [2.05, 4.69) is 5.32 Å². The zero-order chi connectivity index (χ0) is 18.6. The van der Waals surface area contributed by atoms with Gasteiger partial charge in [-0.3, -0.25) is 4.79 Å². The van der Waals surface area contributed by atoms with Gasteiger partial charge in [0.1, 0.15) is 0 Å². The second kappa shape index (κ2) is 7.97. The molecule has 0 aliphatic heterocycles. The molecule has 25 heavy (non-hydrogen) atoms. The SMILES string of the molecule is CCCOc1c(Cl)cc(C(=O)Nc2cccc(C(F)(F)F)c2)cc1Cl. The van der Waals surface area contributed by atoms with Gasteiger partial charge in [-0.1, -0.05) is 36.2 Å². The number of rotatable bonds is 5. The highest BCUT2D eigenvalue weighted by Gasteiger charge is 2.30. The summed E-state index contributed by atoms with van der Waals surface area (Å²) >= 11 is 12.1. The fourth-order valence-corrected chi connectivity index (χ4v) is 2.61. The third kappa shape index (κ3) is 5.03. The molecule has 0 radical (unpaired) electrons. The smallest absolute Gasteiger partial charge is 0.416 e. The predicted octanol–water partition coefficient (Wildman–Crippen LogP) is 6.05. The summed E-state index contributed by atoms with van der Waals surface area (Å²) in [7, 11) is 0. The van der Waals surface area contributed by atoms with Crippen molar-refractivity contribution < 1.29 is 22.7 Å². The Morgan fingerprint density at radius 3 is 2.36 bits per heavy atom. The van der Waals surface area contributed by atoms with Crippen LogP contribution < -0.4 is 10.1 Å². The van der Waals surface area contributed by atoms with Gasteiger partial charge in [0.25, 0.3) is 5.91 Å². The quantitative estimate of drug-likeness (QED) is 0.673. The van der Waals surface area contributed by atoms with E-state index in [0.717, 1.165) is 18.6 Å². The summed E-state index contributed by atoms with van der Waals surface area (Å²) < 4.78 is 43.6. The average molecular weight is 392 g/mol. The molecule has 2 rings (SSSR count). The van der Waals surface area contributed by atoms with E-state index in [1.54, 1.807) is 0 Å². The summed E-state index contributed by atoms with van der Waals surface area (Å²) in [5, 5.41) is 2.69. The van der Waals surface area contributed by atoms with E-state index < -0.39 is 17.6 Å². The molecule has 0 heterocycles. The van der Waals surface area contributed by atoms with E-state index in [4.69, 9.17) is 27.9 Å². The van der Waals surface area contributed by atoms with Gasteiger partial charge >= 0.3 is 6.18 Å². The van der Waals surface area contributed by atoms with Gasteiger partial charge in [-0.15, -0.1) is 0 Å². The molecule has 0 unspecified atom stereocenters. The van der Waals surface area contributed by atoms with Crippen molar-refractivity contribution in [2.75, 3.05) is 11.9 Å².